The van der Waals surface area contributed by atoms with Crippen molar-refractivity contribution in [2.24, 2.45) is 28.8 Å². The lowest BCUT2D eigenvalue weighted by Gasteiger charge is -2.28. The summed E-state index contributed by atoms with van der Waals surface area (Å²) in [7, 11) is 0. The molecular formula is C60H73N3O12S. The van der Waals surface area contributed by atoms with Crippen LogP contribution >= 0.6 is 11.8 Å². The number of nitrogens with zero attached hydrogens (tertiary/aromatic N) is 2. The molecule has 2 saturated carbocycles. The first-order chi connectivity index (χ1) is 37.2. The molecule has 0 amide bonds. The molecule has 7 rings (SSSR count). The van der Waals surface area contributed by atoms with E-state index in [0.29, 0.717) is 93.7 Å². The molecular weight excluding hydrogens is 987 g/mol. The van der Waals surface area contributed by atoms with Crippen LogP contribution in [0.5, 0.6) is 34.5 Å². The van der Waals surface area contributed by atoms with Crippen LogP contribution in [0.2, 0.25) is 0 Å². The first-order valence-electron chi connectivity index (χ1n) is 26.9. The number of anilines is 1. The molecule has 0 bridgehead atoms. The number of rotatable bonds is 30. The lowest BCUT2D eigenvalue weighted by molar-refractivity contribution is -0.141. The van der Waals surface area contributed by atoms with E-state index in [2.05, 4.69) is 48.6 Å². The van der Waals surface area contributed by atoms with E-state index in [1.54, 1.807) is 60.3 Å². The van der Waals surface area contributed by atoms with Gasteiger partial charge in [-0.25, -0.2) is 9.59 Å². The third-order valence-electron chi connectivity index (χ3n) is 13.6. The average Bonchev–Trinajstić information content (AvgIpc) is 3.89. The zero-order valence-corrected chi connectivity index (χ0v) is 44.6. The molecule has 0 aromatic heterocycles. The monoisotopic (exact) mass is 1060 g/mol. The van der Waals surface area contributed by atoms with E-state index >= 15 is 0 Å². The summed E-state index contributed by atoms with van der Waals surface area (Å²) in [6, 6.07) is 28.2. The Balaban J connectivity index is 0.908. The van der Waals surface area contributed by atoms with Crippen molar-refractivity contribution in [2.75, 3.05) is 51.5 Å². The third-order valence-corrected chi connectivity index (χ3v) is 14.8. The van der Waals surface area contributed by atoms with Gasteiger partial charge in [-0.05, 0) is 148 Å². The van der Waals surface area contributed by atoms with Crippen LogP contribution in [-0.2, 0) is 28.7 Å². The molecule has 1 aliphatic heterocycles. The Labute approximate surface area is 451 Å². The van der Waals surface area contributed by atoms with Crippen molar-refractivity contribution in [1.82, 2.24) is 5.01 Å². The van der Waals surface area contributed by atoms with E-state index in [-0.39, 0.29) is 54.3 Å². The number of nitrogens with one attached hydrogen (secondary N) is 1. The summed E-state index contributed by atoms with van der Waals surface area (Å²) in [5.74, 6) is 2.41. The maximum atomic E-state index is 13.2. The molecule has 0 saturated heterocycles. The summed E-state index contributed by atoms with van der Waals surface area (Å²) in [5.41, 5.74) is 1.87. The first kappa shape index (κ1) is 56.8. The summed E-state index contributed by atoms with van der Waals surface area (Å²) < 4.78 is 46.0. The highest BCUT2D eigenvalue weighted by molar-refractivity contribution is 8.00. The van der Waals surface area contributed by atoms with E-state index in [9.17, 15) is 19.2 Å². The Bertz CT molecular complexity index is 2500. The number of ether oxygens (including phenoxy) is 8. The molecule has 1 N–H and O–H groups in total. The van der Waals surface area contributed by atoms with E-state index in [0.717, 1.165) is 80.6 Å². The highest BCUT2D eigenvalue weighted by atomic mass is 32.2. The fourth-order valence-corrected chi connectivity index (χ4v) is 10.3. The fraction of sp³-hybridized carbons (Fsp3) is 0.450. The lowest BCUT2D eigenvalue weighted by atomic mass is 9.82. The van der Waals surface area contributed by atoms with Crippen molar-refractivity contribution in [2.45, 2.75) is 107 Å². The van der Waals surface area contributed by atoms with Crippen LogP contribution in [0.3, 0.4) is 0 Å². The van der Waals surface area contributed by atoms with Gasteiger partial charge in [0.05, 0.1) is 63.4 Å². The van der Waals surface area contributed by atoms with Gasteiger partial charge < -0.3 is 43.2 Å². The van der Waals surface area contributed by atoms with Gasteiger partial charge >= 0.3 is 23.9 Å². The van der Waals surface area contributed by atoms with Gasteiger partial charge in [0, 0.05) is 42.0 Å². The molecule has 15 nitrogen and oxygen atoms in total. The zero-order chi connectivity index (χ0) is 53.3. The van der Waals surface area contributed by atoms with Crippen molar-refractivity contribution in [1.29, 1.82) is 0 Å². The Morgan fingerprint density at radius 3 is 1.67 bits per heavy atom. The lowest BCUT2D eigenvalue weighted by Crippen LogP contribution is -2.33. The van der Waals surface area contributed by atoms with Gasteiger partial charge in [0.1, 0.15) is 34.5 Å². The molecule has 0 radical (unpaired) electrons. The van der Waals surface area contributed by atoms with Crippen LogP contribution in [0.25, 0.3) is 0 Å². The second-order valence-corrected chi connectivity index (χ2v) is 20.4. The van der Waals surface area contributed by atoms with Gasteiger partial charge in [-0.1, -0.05) is 63.2 Å². The summed E-state index contributed by atoms with van der Waals surface area (Å²) in [4.78, 5) is 50.0. The molecule has 76 heavy (non-hydrogen) atoms. The second-order valence-electron chi connectivity index (χ2n) is 19.3. The molecule has 2 fully saturated rings. The minimum Gasteiger partial charge on any atom is -0.493 e. The number of para-hydroxylation sites is 1. The smallest absolute Gasteiger partial charge is 0.330 e. The number of hydrogen-bond acceptors (Lipinski definition) is 16. The van der Waals surface area contributed by atoms with Crippen molar-refractivity contribution in [3.63, 3.8) is 0 Å². The summed E-state index contributed by atoms with van der Waals surface area (Å²) in [5, 5.41) is 10.9. The fourth-order valence-electron chi connectivity index (χ4n) is 9.15. The normalized spacial score (nSPS) is 18.8. The van der Waals surface area contributed by atoms with Crippen molar-refractivity contribution < 1.29 is 57.1 Å². The van der Waals surface area contributed by atoms with Gasteiger partial charge in [-0.2, -0.15) is 5.10 Å². The van der Waals surface area contributed by atoms with E-state index in [4.69, 9.17) is 43.0 Å². The molecule has 0 spiro atoms. The Morgan fingerprint density at radius 2 is 1.13 bits per heavy atom. The zero-order valence-electron chi connectivity index (χ0n) is 43.7. The number of fused-ring (bicyclic) bond motifs is 1. The predicted octanol–water partition coefficient (Wildman–Crippen LogP) is 12.0. The summed E-state index contributed by atoms with van der Waals surface area (Å²) in [6.07, 6.45) is 15.9. The number of thioether (sulfide) groups is 1. The quantitative estimate of drug-likeness (QED) is 0.0131. The largest absolute Gasteiger partial charge is 0.493 e. The highest BCUT2D eigenvalue weighted by Gasteiger charge is 2.31. The Kier molecular flexibility index (Phi) is 22.8. The number of unbranched alkanes of at least 4 members (excludes halogenated alkanes) is 3. The number of carbonyl (C=O) groups excluding carboxylic acids is 4. The van der Waals surface area contributed by atoms with Crippen molar-refractivity contribution in [3.8, 4) is 34.5 Å². The van der Waals surface area contributed by atoms with Gasteiger partial charge in [-0.3, -0.25) is 14.6 Å². The van der Waals surface area contributed by atoms with Crippen molar-refractivity contribution in [3.05, 3.63) is 122 Å². The van der Waals surface area contributed by atoms with Crippen LogP contribution < -0.4 is 33.7 Å². The van der Waals surface area contributed by atoms with Gasteiger partial charge in [-0.15, -0.1) is 0 Å². The summed E-state index contributed by atoms with van der Waals surface area (Å²) >= 11 is 1.77. The predicted molar refractivity (Wildman–Crippen MR) is 293 cm³/mol. The number of benzene rings is 4. The second kappa shape index (κ2) is 30.6. The van der Waals surface area contributed by atoms with Crippen LogP contribution in [0.4, 0.5) is 5.69 Å². The molecule has 16 heteroatoms. The Morgan fingerprint density at radius 1 is 0.605 bits per heavy atom. The molecule has 4 aromatic rings. The van der Waals surface area contributed by atoms with E-state index < -0.39 is 11.9 Å². The highest BCUT2D eigenvalue weighted by Crippen LogP contribution is 2.40. The maximum Gasteiger partial charge on any atom is 0.330 e. The molecule has 4 aromatic carbocycles. The number of hydrazone groups is 1. The van der Waals surface area contributed by atoms with Crippen LogP contribution in [0, 0.1) is 23.7 Å². The molecule has 3 aliphatic rings. The van der Waals surface area contributed by atoms with Crippen molar-refractivity contribution >= 4 is 47.5 Å². The summed E-state index contributed by atoms with van der Waals surface area (Å²) in [6.45, 7) is 12.0. The van der Waals surface area contributed by atoms with Gasteiger partial charge in [0.25, 0.3) is 0 Å². The van der Waals surface area contributed by atoms with E-state index in [1.165, 1.54) is 11.3 Å². The first-order valence-corrected chi connectivity index (χ1v) is 27.7. The van der Waals surface area contributed by atoms with Crippen LogP contribution in [0.15, 0.2) is 126 Å². The van der Waals surface area contributed by atoms with Crippen LogP contribution in [-0.4, -0.2) is 86.8 Å². The standard InChI is InChI=1S/C60H73N3O12S/c1-4-7-8-11-34-63(60-62-53-14-9-10-15-55(53)76-60)61-40-47-39-52(72-41-43-16-20-45(21-17-43)58(66)74-50-28-24-48(25-29-50)68-35-12-37-70-56(64)5-2)32-33-54(47)73-42-44-18-22-46(23-19-44)59(67)75-51-30-26-49(27-31-51)69-36-13-38-71-57(65)6-3/h5-6,9-10,14-15,24-33,39-40,43-46,60,62H,2-4,7-8,11-13,16-23,34-38,41-42H2,1H3/b61-40+. The Hall–Kier alpha value is -6.94. The van der Waals surface area contributed by atoms with Crippen LogP contribution in [0.1, 0.15) is 102 Å². The number of hydrogen-bond donors (Lipinski definition) is 1. The SMILES string of the molecule is C=CC(=O)OCCCOc1ccc(OC(=O)C2CCC(COc3ccc(OCC4CCC(C(=O)Oc5ccc(OCCCOC(=O)C=C)cc5)CC4)c(/C=N/N(CCCCCC)C4Nc5ccccc5S4)c3)CC2)cc1. The maximum absolute atomic E-state index is 13.2. The molecule has 1 heterocycles. The molecule has 2 aliphatic carbocycles. The minimum atomic E-state index is -0.461. The molecule has 1 atom stereocenters. The van der Waals surface area contributed by atoms with Gasteiger partial charge in [0.15, 0.2) is 5.50 Å². The molecule has 1 unspecified atom stereocenters. The number of esters is 4. The van der Waals surface area contributed by atoms with Gasteiger partial charge in [0.2, 0.25) is 0 Å². The minimum absolute atomic E-state index is 0.0560. The number of carbonyl (C=O) groups is 4. The average molecular weight is 1060 g/mol. The topological polar surface area (TPSA) is 170 Å². The molecule has 406 valence electrons. The van der Waals surface area contributed by atoms with E-state index in [1.807, 2.05) is 30.5 Å². The third kappa shape index (κ3) is 18.4.